The Morgan fingerprint density at radius 2 is 1.93 bits per heavy atom. The Labute approximate surface area is 177 Å². The Kier molecular flexibility index (Phi) is 7.07. The second-order valence-electron chi connectivity index (χ2n) is 7.78. The molecule has 7 heteroatoms. The summed E-state index contributed by atoms with van der Waals surface area (Å²) >= 11 is 0. The van der Waals surface area contributed by atoms with Crippen LogP contribution in [-0.4, -0.2) is 54.9 Å². The Balaban J connectivity index is 1.67. The number of anilines is 1. The lowest BCUT2D eigenvalue weighted by atomic mass is 10.0. The van der Waals surface area contributed by atoms with Crippen LogP contribution in [-0.2, 0) is 4.79 Å². The minimum atomic E-state index is -0.132. The van der Waals surface area contributed by atoms with Gasteiger partial charge in [0.2, 0.25) is 0 Å². The van der Waals surface area contributed by atoms with Gasteiger partial charge in [-0.1, -0.05) is 18.2 Å². The molecule has 3 rings (SSSR count). The topological polar surface area (TPSA) is 103 Å². The Hall–Kier alpha value is -2.90. The van der Waals surface area contributed by atoms with Crippen molar-refractivity contribution >= 4 is 29.2 Å². The number of hydrogen-bond acceptors (Lipinski definition) is 4. The monoisotopic (exact) mass is 409 g/mol. The van der Waals surface area contributed by atoms with Crippen LogP contribution in [0, 0.1) is 13.8 Å². The Morgan fingerprint density at radius 1 is 1.20 bits per heavy atom. The number of carbonyl (C=O) groups excluding carboxylic acids is 2. The predicted octanol–water partition coefficient (Wildman–Crippen LogP) is 2.52. The van der Waals surface area contributed by atoms with Crippen molar-refractivity contribution in [3.63, 3.8) is 0 Å². The normalized spacial score (nSPS) is 14.3. The average molecular weight is 410 g/mol. The molecule has 0 aliphatic carbocycles. The summed E-state index contributed by atoms with van der Waals surface area (Å²) in [6.07, 6.45) is 3.68. The van der Waals surface area contributed by atoms with Gasteiger partial charge < -0.3 is 26.3 Å². The van der Waals surface area contributed by atoms with Gasteiger partial charge in [0.25, 0.3) is 11.8 Å². The number of amides is 2. The lowest BCUT2D eigenvalue weighted by Gasteiger charge is -2.16. The number of aromatic nitrogens is 1. The number of nitrogens with one attached hydrogen (secondary N) is 3. The lowest BCUT2D eigenvalue weighted by Crippen LogP contribution is -2.29. The van der Waals surface area contributed by atoms with Gasteiger partial charge in [-0.05, 0) is 71.1 Å². The summed E-state index contributed by atoms with van der Waals surface area (Å²) in [5.41, 5.74) is 10.9. The molecule has 0 spiro atoms. The molecule has 2 aromatic rings. The van der Waals surface area contributed by atoms with Crippen LogP contribution in [0.2, 0.25) is 0 Å². The summed E-state index contributed by atoms with van der Waals surface area (Å²) in [6, 6.07) is 7.60. The average Bonchev–Trinajstić information content (AvgIpc) is 3.19. The molecule has 5 N–H and O–H groups in total. The van der Waals surface area contributed by atoms with E-state index in [-0.39, 0.29) is 11.8 Å². The van der Waals surface area contributed by atoms with Crippen LogP contribution in [0.1, 0.15) is 45.7 Å². The third-order valence-electron chi connectivity index (χ3n) is 5.45. The molecule has 7 nitrogen and oxygen atoms in total. The molecule has 160 valence electrons. The highest BCUT2D eigenvalue weighted by atomic mass is 16.2. The van der Waals surface area contributed by atoms with E-state index in [9.17, 15) is 9.59 Å². The molecule has 30 heavy (non-hydrogen) atoms. The number of rotatable bonds is 9. The number of fused-ring (bicyclic) bond motifs is 1. The van der Waals surface area contributed by atoms with Crippen LogP contribution >= 0.6 is 0 Å². The molecule has 2 amide bonds. The first-order chi connectivity index (χ1) is 14.4. The standard InChI is InChI=1S/C23H31N5O2/c1-15-20(14-18-17-8-4-5-9-19(17)27-22(18)29)26-16(2)21(15)23(30)25-11-7-13-28(3)12-6-10-24/h4-5,8-9,14,26H,6-7,10-13,24H2,1-3H3,(H,25,30)(H,27,29)/b18-14-. The number of aryl methyl sites for hydroxylation is 1. The van der Waals surface area contributed by atoms with E-state index in [1.165, 1.54) is 0 Å². The second-order valence-corrected chi connectivity index (χ2v) is 7.78. The van der Waals surface area contributed by atoms with Gasteiger partial charge in [-0.25, -0.2) is 0 Å². The van der Waals surface area contributed by atoms with Crippen LogP contribution in [0.5, 0.6) is 0 Å². The third-order valence-corrected chi connectivity index (χ3v) is 5.45. The van der Waals surface area contributed by atoms with Crippen molar-refractivity contribution < 1.29 is 9.59 Å². The molecule has 0 fully saturated rings. The molecule has 0 atom stereocenters. The second kappa shape index (κ2) is 9.73. The number of aromatic amines is 1. The smallest absolute Gasteiger partial charge is 0.256 e. The van der Waals surface area contributed by atoms with E-state index >= 15 is 0 Å². The zero-order valence-electron chi connectivity index (χ0n) is 18.0. The van der Waals surface area contributed by atoms with Crippen LogP contribution in [0.25, 0.3) is 11.6 Å². The van der Waals surface area contributed by atoms with E-state index in [2.05, 4.69) is 27.6 Å². The van der Waals surface area contributed by atoms with Crippen molar-refractivity contribution in [3.8, 4) is 0 Å². The van der Waals surface area contributed by atoms with Crippen LogP contribution < -0.4 is 16.4 Å². The SMILES string of the molecule is Cc1[nH]c(/C=C2\C(=O)Nc3ccccc32)c(C)c1C(=O)NCCCN(C)CCCN. The molecule has 0 saturated heterocycles. The van der Waals surface area contributed by atoms with Gasteiger partial charge in [-0.2, -0.15) is 0 Å². The predicted molar refractivity (Wildman–Crippen MR) is 121 cm³/mol. The molecule has 0 radical (unpaired) electrons. The first kappa shape index (κ1) is 21.8. The number of nitrogens with two attached hydrogens (primary N) is 1. The zero-order valence-corrected chi connectivity index (χ0v) is 18.0. The quantitative estimate of drug-likeness (QED) is 0.377. The van der Waals surface area contributed by atoms with E-state index in [0.717, 1.165) is 54.1 Å². The van der Waals surface area contributed by atoms with Crippen molar-refractivity contribution in [2.45, 2.75) is 26.7 Å². The summed E-state index contributed by atoms with van der Waals surface area (Å²) < 4.78 is 0. The van der Waals surface area contributed by atoms with Gasteiger partial charge in [0.15, 0.2) is 0 Å². The molecular formula is C23H31N5O2. The molecule has 0 unspecified atom stereocenters. The van der Waals surface area contributed by atoms with Gasteiger partial charge in [0.05, 0.1) is 11.1 Å². The molecular weight excluding hydrogens is 378 g/mol. The maximum absolute atomic E-state index is 12.8. The summed E-state index contributed by atoms with van der Waals surface area (Å²) in [4.78, 5) is 30.6. The number of carbonyl (C=O) groups is 2. The minimum Gasteiger partial charge on any atom is -0.358 e. The number of benzene rings is 1. The fraction of sp³-hybridized carbons (Fsp3) is 0.391. The maximum Gasteiger partial charge on any atom is 0.256 e. The first-order valence-electron chi connectivity index (χ1n) is 10.4. The van der Waals surface area contributed by atoms with Gasteiger partial charge in [0.1, 0.15) is 0 Å². The van der Waals surface area contributed by atoms with Gasteiger partial charge in [0, 0.05) is 29.2 Å². The zero-order chi connectivity index (χ0) is 21.7. The minimum absolute atomic E-state index is 0.0909. The number of H-pyrrole nitrogens is 1. The largest absolute Gasteiger partial charge is 0.358 e. The third kappa shape index (κ3) is 4.80. The summed E-state index contributed by atoms with van der Waals surface area (Å²) in [6.45, 7) is 6.98. The molecule has 0 saturated carbocycles. The summed E-state index contributed by atoms with van der Waals surface area (Å²) in [5, 5.41) is 5.89. The highest BCUT2D eigenvalue weighted by Crippen LogP contribution is 2.33. The van der Waals surface area contributed by atoms with Gasteiger partial charge in [-0.3, -0.25) is 9.59 Å². The maximum atomic E-state index is 12.8. The highest BCUT2D eigenvalue weighted by molar-refractivity contribution is 6.34. The number of para-hydroxylation sites is 1. The first-order valence-corrected chi connectivity index (χ1v) is 10.4. The van der Waals surface area contributed by atoms with Gasteiger partial charge in [-0.15, -0.1) is 0 Å². The highest BCUT2D eigenvalue weighted by Gasteiger charge is 2.25. The summed E-state index contributed by atoms with van der Waals surface area (Å²) in [7, 11) is 2.06. The molecule has 1 aliphatic heterocycles. The molecule has 1 aromatic carbocycles. The summed E-state index contributed by atoms with van der Waals surface area (Å²) in [5.74, 6) is -0.223. The molecule has 1 aliphatic rings. The fourth-order valence-electron chi connectivity index (χ4n) is 3.80. The molecule has 2 heterocycles. The van der Waals surface area contributed by atoms with Crippen molar-refractivity contribution in [2.75, 3.05) is 38.5 Å². The van der Waals surface area contributed by atoms with E-state index in [1.54, 1.807) is 0 Å². The molecule has 1 aromatic heterocycles. The fourth-order valence-corrected chi connectivity index (χ4v) is 3.80. The van der Waals surface area contributed by atoms with Crippen molar-refractivity contribution in [1.82, 2.24) is 15.2 Å². The number of nitrogens with zero attached hydrogens (tertiary/aromatic N) is 1. The molecule has 0 bridgehead atoms. The van der Waals surface area contributed by atoms with E-state index in [1.807, 2.05) is 44.2 Å². The lowest BCUT2D eigenvalue weighted by molar-refractivity contribution is -0.110. The van der Waals surface area contributed by atoms with Gasteiger partial charge >= 0.3 is 0 Å². The van der Waals surface area contributed by atoms with Crippen molar-refractivity contribution in [2.24, 2.45) is 5.73 Å². The Bertz CT molecular complexity index is 960. The van der Waals surface area contributed by atoms with Crippen LogP contribution in [0.15, 0.2) is 24.3 Å². The van der Waals surface area contributed by atoms with Crippen LogP contribution in [0.4, 0.5) is 5.69 Å². The van der Waals surface area contributed by atoms with Crippen molar-refractivity contribution in [1.29, 1.82) is 0 Å². The van der Waals surface area contributed by atoms with E-state index in [4.69, 9.17) is 5.73 Å². The number of hydrogen-bond donors (Lipinski definition) is 4. The van der Waals surface area contributed by atoms with E-state index < -0.39 is 0 Å². The van der Waals surface area contributed by atoms with Crippen LogP contribution in [0.3, 0.4) is 0 Å². The van der Waals surface area contributed by atoms with Crippen molar-refractivity contribution in [3.05, 3.63) is 52.3 Å². The van der Waals surface area contributed by atoms with E-state index in [0.29, 0.717) is 24.2 Å². The Morgan fingerprint density at radius 3 is 2.70 bits per heavy atom.